The van der Waals surface area contributed by atoms with Crippen LogP contribution >= 0.6 is 0 Å². The van der Waals surface area contributed by atoms with E-state index in [1.165, 1.54) is 0 Å². The number of hydrogen-bond acceptors (Lipinski definition) is 5. The number of nitrogens with one attached hydrogen (secondary N) is 1. The molecule has 2 aliphatic rings. The van der Waals surface area contributed by atoms with E-state index in [2.05, 4.69) is 14.9 Å². The number of aryl methyl sites for hydroxylation is 1. The third kappa shape index (κ3) is 2.51. The van der Waals surface area contributed by atoms with Crippen molar-refractivity contribution in [2.45, 2.75) is 44.6 Å². The van der Waals surface area contributed by atoms with Gasteiger partial charge in [-0.05, 0) is 51.8 Å². The number of anilines is 1. The number of pyridine rings is 1. The van der Waals surface area contributed by atoms with Crippen LogP contribution in [0.5, 0.6) is 0 Å². The second-order valence-electron chi connectivity index (χ2n) is 7.08. The highest BCUT2D eigenvalue weighted by molar-refractivity contribution is 5.38. The van der Waals surface area contributed by atoms with Gasteiger partial charge in [0.15, 0.2) is 0 Å². The number of hydrogen-bond donors (Lipinski definition) is 2. The molecule has 0 bridgehead atoms. The highest BCUT2D eigenvalue weighted by Gasteiger charge is 2.43. The number of nitrogens with two attached hydrogens (primary N) is 1. The van der Waals surface area contributed by atoms with Gasteiger partial charge in [-0.2, -0.15) is 0 Å². The van der Waals surface area contributed by atoms with Crippen LogP contribution in [0.15, 0.2) is 23.1 Å². The molecular weight excluding hydrogens is 302 g/mol. The van der Waals surface area contributed by atoms with Crippen molar-refractivity contribution in [1.82, 2.24) is 19.9 Å². The second kappa shape index (κ2) is 5.70. The number of rotatable bonds is 2. The van der Waals surface area contributed by atoms with Crippen LogP contribution in [0.3, 0.4) is 0 Å². The number of nitrogen functional groups attached to an aromatic ring is 1. The van der Waals surface area contributed by atoms with Crippen molar-refractivity contribution < 1.29 is 0 Å². The van der Waals surface area contributed by atoms with E-state index in [0.717, 1.165) is 68.0 Å². The maximum absolute atomic E-state index is 12.2. The lowest BCUT2D eigenvalue weighted by Crippen LogP contribution is -2.42. The molecule has 1 fully saturated rings. The van der Waals surface area contributed by atoms with Crippen LogP contribution in [0.4, 0.5) is 5.82 Å². The molecule has 1 aliphatic heterocycles. The first-order chi connectivity index (χ1) is 11.6. The van der Waals surface area contributed by atoms with Gasteiger partial charge in [-0.15, -0.1) is 0 Å². The molecule has 0 atom stereocenters. The molecule has 1 aliphatic carbocycles. The molecule has 0 radical (unpaired) electrons. The zero-order valence-corrected chi connectivity index (χ0v) is 14.0. The summed E-state index contributed by atoms with van der Waals surface area (Å²) in [6.07, 6.45) is 5.73. The average molecular weight is 325 g/mol. The normalized spacial score (nSPS) is 19.5. The predicted molar refractivity (Wildman–Crippen MR) is 92.8 cm³/mol. The third-order valence-corrected chi connectivity index (χ3v) is 5.62. The Hall–Kier alpha value is -2.21. The molecule has 126 valence electrons. The standard InChI is InChI=1S/C18H23N5O/c1-12-21-15-14(17(24)22-12)4-5-18(15)6-9-23(10-7-18)11-13-3-2-8-20-16(13)19/h2-3,8H,4-7,9-11H2,1H3,(H2,19,20)(H,21,22,24). The van der Waals surface area contributed by atoms with Crippen LogP contribution in [-0.2, 0) is 18.4 Å². The highest BCUT2D eigenvalue weighted by atomic mass is 16.1. The second-order valence-corrected chi connectivity index (χ2v) is 7.08. The lowest BCUT2D eigenvalue weighted by atomic mass is 9.76. The molecule has 6 nitrogen and oxygen atoms in total. The van der Waals surface area contributed by atoms with Crippen molar-refractivity contribution in [1.29, 1.82) is 0 Å². The summed E-state index contributed by atoms with van der Waals surface area (Å²) in [5, 5.41) is 0. The number of aromatic amines is 1. The molecule has 6 heteroatoms. The number of H-pyrrole nitrogens is 1. The summed E-state index contributed by atoms with van der Waals surface area (Å²) in [6, 6.07) is 3.98. The number of likely N-dealkylation sites (tertiary alicyclic amines) is 1. The van der Waals surface area contributed by atoms with Gasteiger partial charge in [0.2, 0.25) is 0 Å². The highest BCUT2D eigenvalue weighted by Crippen LogP contribution is 2.44. The molecule has 2 aromatic rings. The van der Waals surface area contributed by atoms with E-state index >= 15 is 0 Å². The van der Waals surface area contributed by atoms with Crippen molar-refractivity contribution in [3.8, 4) is 0 Å². The smallest absolute Gasteiger partial charge is 0.254 e. The van der Waals surface area contributed by atoms with E-state index in [9.17, 15) is 4.79 Å². The molecule has 3 heterocycles. The minimum atomic E-state index is 0.0555. The Labute approximate surface area is 141 Å². The zero-order chi connectivity index (χ0) is 16.7. The zero-order valence-electron chi connectivity index (χ0n) is 14.0. The summed E-state index contributed by atoms with van der Waals surface area (Å²) in [5.74, 6) is 1.35. The average Bonchev–Trinajstić information content (AvgIpc) is 2.91. The van der Waals surface area contributed by atoms with E-state index in [1.54, 1.807) is 6.20 Å². The molecule has 4 rings (SSSR count). The Bertz CT molecular complexity index is 820. The fourth-order valence-electron chi connectivity index (χ4n) is 4.22. The van der Waals surface area contributed by atoms with Crippen molar-refractivity contribution in [2.24, 2.45) is 0 Å². The SMILES string of the molecule is Cc1nc2c(c(=O)[nH]1)CCC21CCN(Cc2cccnc2N)CC1. The van der Waals surface area contributed by atoms with Gasteiger partial charge in [0.25, 0.3) is 5.56 Å². The third-order valence-electron chi connectivity index (χ3n) is 5.62. The maximum atomic E-state index is 12.2. The first-order valence-electron chi connectivity index (χ1n) is 8.59. The van der Waals surface area contributed by atoms with E-state index in [0.29, 0.717) is 5.82 Å². The summed E-state index contributed by atoms with van der Waals surface area (Å²) < 4.78 is 0. The molecule has 2 aromatic heterocycles. The lowest BCUT2D eigenvalue weighted by Gasteiger charge is -2.39. The lowest BCUT2D eigenvalue weighted by molar-refractivity contribution is 0.150. The van der Waals surface area contributed by atoms with Gasteiger partial charge in [0.05, 0.1) is 5.69 Å². The summed E-state index contributed by atoms with van der Waals surface area (Å²) in [6.45, 7) is 4.71. The Kier molecular flexibility index (Phi) is 3.64. The van der Waals surface area contributed by atoms with Crippen molar-refractivity contribution >= 4 is 5.82 Å². The monoisotopic (exact) mass is 325 g/mol. The van der Waals surface area contributed by atoms with E-state index in [1.807, 2.05) is 19.1 Å². The minimum absolute atomic E-state index is 0.0555. The Morgan fingerprint density at radius 1 is 1.33 bits per heavy atom. The van der Waals surface area contributed by atoms with Crippen molar-refractivity contribution in [2.75, 3.05) is 18.8 Å². The first-order valence-corrected chi connectivity index (χ1v) is 8.59. The largest absolute Gasteiger partial charge is 0.383 e. The minimum Gasteiger partial charge on any atom is -0.383 e. The number of nitrogens with zero attached hydrogens (tertiary/aromatic N) is 3. The summed E-state index contributed by atoms with van der Waals surface area (Å²) >= 11 is 0. The summed E-state index contributed by atoms with van der Waals surface area (Å²) in [4.78, 5) is 26.3. The van der Waals surface area contributed by atoms with Crippen LogP contribution in [0.25, 0.3) is 0 Å². The Morgan fingerprint density at radius 3 is 2.88 bits per heavy atom. The topological polar surface area (TPSA) is 87.9 Å². The molecule has 0 saturated carbocycles. The van der Waals surface area contributed by atoms with E-state index in [4.69, 9.17) is 10.7 Å². The van der Waals surface area contributed by atoms with Crippen LogP contribution in [-0.4, -0.2) is 32.9 Å². The quantitative estimate of drug-likeness (QED) is 0.874. The number of piperidine rings is 1. The van der Waals surface area contributed by atoms with E-state index in [-0.39, 0.29) is 11.0 Å². The summed E-state index contributed by atoms with van der Waals surface area (Å²) in [7, 11) is 0. The fourth-order valence-corrected chi connectivity index (χ4v) is 4.22. The van der Waals surface area contributed by atoms with Gasteiger partial charge in [0, 0.05) is 29.3 Å². The van der Waals surface area contributed by atoms with Gasteiger partial charge in [-0.25, -0.2) is 9.97 Å². The van der Waals surface area contributed by atoms with E-state index < -0.39 is 0 Å². The van der Waals surface area contributed by atoms with Crippen LogP contribution in [0.2, 0.25) is 0 Å². The fraction of sp³-hybridized carbons (Fsp3) is 0.500. The molecule has 0 unspecified atom stereocenters. The maximum Gasteiger partial charge on any atom is 0.254 e. The van der Waals surface area contributed by atoms with Gasteiger partial charge >= 0.3 is 0 Å². The molecule has 24 heavy (non-hydrogen) atoms. The van der Waals surface area contributed by atoms with Crippen LogP contribution < -0.4 is 11.3 Å². The molecule has 1 spiro atoms. The first kappa shape index (κ1) is 15.3. The van der Waals surface area contributed by atoms with Gasteiger partial charge in [-0.3, -0.25) is 9.69 Å². The van der Waals surface area contributed by atoms with Gasteiger partial charge < -0.3 is 10.7 Å². The molecule has 1 saturated heterocycles. The van der Waals surface area contributed by atoms with Crippen LogP contribution in [0, 0.1) is 6.92 Å². The predicted octanol–water partition coefficient (Wildman–Crippen LogP) is 1.54. The van der Waals surface area contributed by atoms with Crippen LogP contribution in [0.1, 0.15) is 41.9 Å². The molecular formula is C18H23N5O. The molecule has 0 amide bonds. The Balaban J connectivity index is 1.52. The van der Waals surface area contributed by atoms with Gasteiger partial charge in [0.1, 0.15) is 11.6 Å². The Morgan fingerprint density at radius 2 is 2.12 bits per heavy atom. The van der Waals surface area contributed by atoms with Crippen molar-refractivity contribution in [3.63, 3.8) is 0 Å². The van der Waals surface area contributed by atoms with Crippen molar-refractivity contribution in [3.05, 3.63) is 51.3 Å². The number of aromatic nitrogens is 3. The summed E-state index contributed by atoms with van der Waals surface area (Å²) in [5.41, 5.74) is 9.16. The molecule has 0 aromatic carbocycles. The van der Waals surface area contributed by atoms with Gasteiger partial charge in [-0.1, -0.05) is 6.07 Å². The number of fused-ring (bicyclic) bond motifs is 2. The molecule has 3 N–H and O–H groups in total.